The highest BCUT2D eigenvalue weighted by atomic mass is 35.5. The topological polar surface area (TPSA) is 45.7 Å². The third-order valence-electron chi connectivity index (χ3n) is 5.96. The average Bonchev–Trinajstić information content (AvgIpc) is 3.30. The van der Waals surface area contributed by atoms with Crippen LogP contribution in [0.2, 0.25) is 5.02 Å². The molecule has 3 aromatic rings. The van der Waals surface area contributed by atoms with Crippen LogP contribution in [0.15, 0.2) is 30.3 Å². The van der Waals surface area contributed by atoms with Crippen molar-refractivity contribution < 1.29 is 35.9 Å². The quantitative estimate of drug-likeness (QED) is 0.313. The van der Waals surface area contributed by atoms with Gasteiger partial charge in [0.05, 0.1) is 39.6 Å². The molecule has 0 unspecified atom stereocenters. The van der Waals surface area contributed by atoms with Gasteiger partial charge in [-0.25, -0.2) is 4.98 Å². The van der Waals surface area contributed by atoms with Crippen molar-refractivity contribution in [1.29, 1.82) is 0 Å². The summed E-state index contributed by atoms with van der Waals surface area (Å²) in [6.07, 6.45) is -9.73. The molecule has 0 spiro atoms. The number of hydrogen-bond acceptors (Lipinski definition) is 5. The summed E-state index contributed by atoms with van der Waals surface area (Å²) in [4.78, 5) is 21.3. The number of aromatic nitrogens is 1. The van der Waals surface area contributed by atoms with Gasteiger partial charge in [-0.15, -0.1) is 0 Å². The molecular formula is C24H22ClF6N3O2S. The lowest BCUT2D eigenvalue weighted by atomic mass is 10.0. The number of benzene rings is 2. The van der Waals surface area contributed by atoms with Gasteiger partial charge in [-0.3, -0.25) is 14.6 Å². The van der Waals surface area contributed by atoms with Gasteiger partial charge in [0.2, 0.25) is 0 Å². The number of halogens is 7. The van der Waals surface area contributed by atoms with Crippen LogP contribution in [0, 0.1) is 6.92 Å². The van der Waals surface area contributed by atoms with Crippen molar-refractivity contribution in [2.24, 2.45) is 0 Å². The summed E-state index contributed by atoms with van der Waals surface area (Å²) in [6, 6.07) is 4.28. The van der Waals surface area contributed by atoms with Crippen molar-refractivity contribution in [2.75, 3.05) is 44.3 Å². The summed E-state index contributed by atoms with van der Waals surface area (Å²) < 4.78 is 86.5. The number of rotatable bonds is 6. The maximum absolute atomic E-state index is 13.5. The second-order valence-corrected chi connectivity index (χ2v) is 9.98. The molecule has 5 nitrogen and oxygen atoms in total. The Labute approximate surface area is 217 Å². The molecule has 0 radical (unpaired) electrons. The molecule has 4 rings (SSSR count). The van der Waals surface area contributed by atoms with Crippen molar-refractivity contribution in [1.82, 2.24) is 9.88 Å². The maximum Gasteiger partial charge on any atom is 0.416 e. The summed E-state index contributed by atoms with van der Waals surface area (Å²) in [5.74, 6) is -1.01. The average molecular weight is 566 g/mol. The first-order valence-corrected chi connectivity index (χ1v) is 12.5. The third kappa shape index (κ3) is 6.36. The van der Waals surface area contributed by atoms with E-state index in [9.17, 15) is 31.1 Å². The molecule has 0 N–H and O–H groups in total. The second-order valence-electron chi connectivity index (χ2n) is 8.60. The molecule has 2 aromatic carbocycles. The Morgan fingerprint density at radius 1 is 1.08 bits per heavy atom. The van der Waals surface area contributed by atoms with E-state index in [2.05, 4.69) is 9.88 Å². The van der Waals surface area contributed by atoms with Crippen LogP contribution in [0.5, 0.6) is 0 Å². The Hall–Kier alpha value is -2.41. The minimum Gasteiger partial charge on any atom is -0.379 e. The van der Waals surface area contributed by atoms with E-state index >= 15 is 0 Å². The first-order chi connectivity index (χ1) is 17.3. The zero-order valence-electron chi connectivity index (χ0n) is 19.5. The number of carbonyl (C=O) groups is 1. The number of morpholine rings is 1. The largest absolute Gasteiger partial charge is 0.416 e. The molecule has 0 saturated carbocycles. The SMILES string of the molecule is Cc1ccc(Cl)c2sc(N(CCCN3CCOCC3)C(=O)c3cc(C(F)(F)F)cc(C(F)(F)F)c3)nc12. The van der Waals surface area contributed by atoms with Crippen LogP contribution < -0.4 is 4.90 Å². The number of alkyl halides is 6. The highest BCUT2D eigenvalue weighted by Crippen LogP contribution is 2.39. The highest BCUT2D eigenvalue weighted by Gasteiger charge is 2.38. The number of carbonyl (C=O) groups excluding carboxylic acids is 1. The molecule has 37 heavy (non-hydrogen) atoms. The van der Waals surface area contributed by atoms with Crippen molar-refractivity contribution in [2.45, 2.75) is 25.7 Å². The molecule has 1 aliphatic heterocycles. The molecule has 200 valence electrons. The molecule has 1 amide bonds. The van der Waals surface area contributed by atoms with E-state index < -0.39 is 35.0 Å². The molecule has 0 bridgehead atoms. The number of fused-ring (bicyclic) bond motifs is 1. The first-order valence-electron chi connectivity index (χ1n) is 11.3. The van der Waals surface area contributed by atoms with Crippen LogP contribution in [-0.4, -0.2) is 55.2 Å². The molecule has 0 atom stereocenters. The zero-order valence-corrected chi connectivity index (χ0v) is 21.1. The molecule has 13 heteroatoms. The summed E-state index contributed by atoms with van der Waals surface area (Å²) >= 11 is 7.35. The minimum atomic E-state index is -5.07. The van der Waals surface area contributed by atoms with Gasteiger partial charge in [0.1, 0.15) is 0 Å². The van der Waals surface area contributed by atoms with Gasteiger partial charge in [-0.2, -0.15) is 26.3 Å². The molecule has 0 aliphatic carbocycles. The maximum atomic E-state index is 13.5. The molecule has 1 saturated heterocycles. The highest BCUT2D eigenvalue weighted by molar-refractivity contribution is 7.23. The summed E-state index contributed by atoms with van der Waals surface area (Å²) in [5, 5.41) is 0.521. The normalized spacial score (nSPS) is 15.4. The molecule has 1 fully saturated rings. The summed E-state index contributed by atoms with van der Waals surface area (Å²) in [6.45, 7) is 4.87. The zero-order chi connectivity index (χ0) is 27.0. The summed E-state index contributed by atoms with van der Waals surface area (Å²) in [5.41, 5.74) is -2.56. The lowest BCUT2D eigenvalue weighted by Crippen LogP contribution is -2.39. The van der Waals surface area contributed by atoms with Crippen LogP contribution in [0.3, 0.4) is 0 Å². The van der Waals surface area contributed by atoms with Crippen molar-refractivity contribution in [3.63, 3.8) is 0 Å². The number of aryl methyl sites for hydroxylation is 1. The number of anilines is 1. The van der Waals surface area contributed by atoms with Gasteiger partial charge >= 0.3 is 12.4 Å². The van der Waals surface area contributed by atoms with Gasteiger partial charge in [-0.1, -0.05) is 29.0 Å². The first kappa shape index (κ1) is 27.6. The minimum absolute atomic E-state index is 0.000366. The fourth-order valence-corrected chi connectivity index (χ4v) is 5.34. The van der Waals surface area contributed by atoms with Gasteiger partial charge in [0.25, 0.3) is 5.91 Å². The van der Waals surface area contributed by atoms with Gasteiger partial charge in [-0.05, 0) is 43.2 Å². The lowest BCUT2D eigenvalue weighted by Gasteiger charge is -2.28. The van der Waals surface area contributed by atoms with Gasteiger partial charge in [0, 0.05) is 31.7 Å². The van der Waals surface area contributed by atoms with Crippen LogP contribution in [0.1, 0.15) is 33.5 Å². The number of hydrogen-bond donors (Lipinski definition) is 0. The molecule has 1 aliphatic rings. The smallest absolute Gasteiger partial charge is 0.379 e. The number of ether oxygens (including phenoxy) is 1. The number of thiazole rings is 1. The molecule has 1 aromatic heterocycles. The number of nitrogens with zero attached hydrogens (tertiary/aromatic N) is 3. The van der Waals surface area contributed by atoms with Crippen LogP contribution in [0.25, 0.3) is 10.2 Å². The van der Waals surface area contributed by atoms with E-state index in [1.54, 1.807) is 19.1 Å². The van der Waals surface area contributed by atoms with Crippen molar-refractivity contribution in [3.05, 3.63) is 57.6 Å². The Bertz CT molecular complexity index is 1220. The monoisotopic (exact) mass is 565 g/mol. The molecular weight excluding hydrogens is 544 g/mol. The second kappa shape index (κ2) is 10.8. The van der Waals surface area contributed by atoms with E-state index in [1.165, 1.54) is 0 Å². The Balaban J connectivity index is 1.73. The van der Waals surface area contributed by atoms with Gasteiger partial charge < -0.3 is 4.74 Å². The summed E-state index contributed by atoms with van der Waals surface area (Å²) in [7, 11) is 0. The Morgan fingerprint density at radius 3 is 2.27 bits per heavy atom. The predicted octanol–water partition coefficient (Wildman–Crippen LogP) is 6.66. The van der Waals surface area contributed by atoms with Gasteiger partial charge in [0.15, 0.2) is 5.13 Å². The number of amides is 1. The van der Waals surface area contributed by atoms with E-state index in [1.807, 2.05) is 0 Å². The van der Waals surface area contributed by atoms with Crippen LogP contribution >= 0.6 is 22.9 Å². The fourth-order valence-electron chi connectivity index (χ4n) is 4.00. The predicted molar refractivity (Wildman–Crippen MR) is 129 cm³/mol. The Morgan fingerprint density at radius 2 is 1.70 bits per heavy atom. The third-order valence-corrected chi connectivity index (χ3v) is 7.50. The van der Waals surface area contributed by atoms with E-state index in [0.717, 1.165) is 21.8 Å². The van der Waals surface area contributed by atoms with E-state index in [0.29, 0.717) is 66.6 Å². The standard InChI is InChI=1S/C24H22ClF6N3O2S/c1-14-3-4-18(25)20-19(14)32-22(37-20)34(6-2-5-33-7-9-36-10-8-33)21(35)15-11-16(23(26,27)28)13-17(12-15)24(29,30)31/h3-4,11-13H,2,5-10H2,1H3. The van der Waals surface area contributed by atoms with Crippen LogP contribution in [-0.2, 0) is 17.1 Å². The van der Waals surface area contributed by atoms with E-state index in [-0.39, 0.29) is 17.7 Å². The van der Waals surface area contributed by atoms with Crippen molar-refractivity contribution >= 4 is 44.2 Å². The molecule has 2 heterocycles. The Kier molecular flexibility index (Phi) is 8.03. The van der Waals surface area contributed by atoms with Crippen molar-refractivity contribution in [3.8, 4) is 0 Å². The van der Waals surface area contributed by atoms with E-state index in [4.69, 9.17) is 16.3 Å². The van der Waals surface area contributed by atoms with Crippen LogP contribution in [0.4, 0.5) is 31.5 Å². The fraction of sp³-hybridized carbons (Fsp3) is 0.417. The lowest BCUT2D eigenvalue weighted by molar-refractivity contribution is -0.143.